The van der Waals surface area contributed by atoms with Gasteiger partial charge in [0.1, 0.15) is 6.61 Å². The Bertz CT molecular complexity index is 605. The standard InChI is InChI=1S/C19H26Cl2N2O/c1-12(2)11-24-22-10-16-15(9-14-5-7-19(16)23(14)3)13-4-6-17(20)18(21)8-13/h4,6,8,10,12,14-16,19H,5,7,9,11H2,1-3H3/b22-10+/t14?,15-,16-,19-/m1/s1. The number of hydrogen-bond donors (Lipinski definition) is 0. The van der Waals surface area contributed by atoms with Crippen LogP contribution in [-0.4, -0.2) is 36.9 Å². The molecule has 0 aromatic heterocycles. The molecule has 0 N–H and O–H groups in total. The molecule has 0 radical (unpaired) electrons. The predicted octanol–water partition coefficient (Wildman–Crippen LogP) is 5.22. The topological polar surface area (TPSA) is 24.8 Å². The van der Waals surface area contributed by atoms with Gasteiger partial charge in [0.05, 0.1) is 10.0 Å². The smallest absolute Gasteiger partial charge is 0.119 e. The molecular formula is C19H26Cl2N2O. The van der Waals surface area contributed by atoms with Crippen LogP contribution in [0.15, 0.2) is 23.4 Å². The molecule has 1 aromatic carbocycles. The maximum absolute atomic E-state index is 6.26. The van der Waals surface area contributed by atoms with E-state index >= 15 is 0 Å². The van der Waals surface area contributed by atoms with Crippen LogP contribution in [0.4, 0.5) is 0 Å². The van der Waals surface area contributed by atoms with E-state index in [0.29, 0.717) is 46.5 Å². The summed E-state index contributed by atoms with van der Waals surface area (Å²) in [6, 6.07) is 7.21. The Morgan fingerprint density at radius 2 is 2.08 bits per heavy atom. The molecule has 132 valence electrons. The number of fused-ring (bicyclic) bond motifs is 2. The average Bonchev–Trinajstić information content (AvgIpc) is 2.78. The second-order valence-electron chi connectivity index (χ2n) is 7.50. The van der Waals surface area contributed by atoms with Crippen LogP contribution in [-0.2, 0) is 4.84 Å². The monoisotopic (exact) mass is 368 g/mol. The molecule has 4 atom stereocenters. The van der Waals surface area contributed by atoms with Gasteiger partial charge in [-0.3, -0.25) is 4.90 Å². The van der Waals surface area contributed by atoms with Gasteiger partial charge in [0.2, 0.25) is 0 Å². The molecule has 2 heterocycles. The van der Waals surface area contributed by atoms with Gasteiger partial charge in [-0.2, -0.15) is 0 Å². The summed E-state index contributed by atoms with van der Waals surface area (Å²) in [5.41, 5.74) is 1.26. The van der Waals surface area contributed by atoms with E-state index in [1.165, 1.54) is 18.4 Å². The fourth-order valence-electron chi connectivity index (χ4n) is 4.12. The summed E-state index contributed by atoms with van der Waals surface area (Å²) in [7, 11) is 2.24. The highest BCUT2D eigenvalue weighted by atomic mass is 35.5. The lowest BCUT2D eigenvalue weighted by molar-refractivity contribution is 0.108. The third-order valence-corrected chi connectivity index (χ3v) is 6.16. The van der Waals surface area contributed by atoms with Gasteiger partial charge in [0.15, 0.2) is 0 Å². The molecule has 1 unspecified atom stereocenters. The predicted molar refractivity (Wildman–Crippen MR) is 101 cm³/mol. The van der Waals surface area contributed by atoms with Gasteiger partial charge in [0, 0.05) is 24.2 Å². The van der Waals surface area contributed by atoms with Crippen molar-refractivity contribution in [3.05, 3.63) is 33.8 Å². The summed E-state index contributed by atoms with van der Waals surface area (Å²) < 4.78 is 0. The number of benzene rings is 1. The first kappa shape index (κ1) is 18.0. The second kappa shape index (κ2) is 7.63. The van der Waals surface area contributed by atoms with Gasteiger partial charge >= 0.3 is 0 Å². The maximum Gasteiger partial charge on any atom is 0.119 e. The Balaban J connectivity index is 1.83. The first-order valence-electron chi connectivity index (χ1n) is 8.79. The van der Waals surface area contributed by atoms with Crippen molar-refractivity contribution in [2.75, 3.05) is 13.7 Å². The SMILES string of the molecule is CC(C)CO/N=C/[C@@H]1[C@@H](c2ccc(Cl)c(Cl)c2)CC2CC[C@H]1N2C. The third kappa shape index (κ3) is 3.74. The quantitative estimate of drug-likeness (QED) is 0.525. The molecule has 2 aliphatic heterocycles. The van der Waals surface area contributed by atoms with E-state index in [2.05, 4.69) is 37.0 Å². The molecule has 2 saturated heterocycles. The summed E-state index contributed by atoms with van der Waals surface area (Å²) in [5, 5.41) is 5.54. The van der Waals surface area contributed by atoms with E-state index in [1.807, 2.05) is 18.3 Å². The molecule has 24 heavy (non-hydrogen) atoms. The Hall–Kier alpha value is -0.770. The molecule has 5 heteroatoms. The zero-order valence-electron chi connectivity index (χ0n) is 14.6. The van der Waals surface area contributed by atoms with Gasteiger partial charge in [-0.1, -0.05) is 48.3 Å². The molecule has 0 aliphatic carbocycles. The van der Waals surface area contributed by atoms with Gasteiger partial charge in [-0.25, -0.2) is 0 Å². The first-order chi connectivity index (χ1) is 11.5. The molecule has 0 spiro atoms. The van der Waals surface area contributed by atoms with Crippen molar-refractivity contribution in [3.63, 3.8) is 0 Å². The summed E-state index contributed by atoms with van der Waals surface area (Å²) in [6.07, 6.45) is 5.64. The fraction of sp³-hybridized carbons (Fsp3) is 0.632. The van der Waals surface area contributed by atoms with E-state index in [4.69, 9.17) is 28.0 Å². The van der Waals surface area contributed by atoms with Crippen LogP contribution in [0.1, 0.15) is 44.6 Å². The summed E-state index contributed by atoms with van der Waals surface area (Å²) >= 11 is 12.4. The lowest BCUT2D eigenvalue weighted by atomic mass is 9.77. The number of piperidine rings is 1. The first-order valence-corrected chi connectivity index (χ1v) is 9.55. The van der Waals surface area contributed by atoms with Crippen molar-refractivity contribution in [3.8, 4) is 0 Å². The number of nitrogens with zero attached hydrogens (tertiary/aromatic N) is 2. The number of halogens is 2. The van der Waals surface area contributed by atoms with Crippen LogP contribution in [0.5, 0.6) is 0 Å². The van der Waals surface area contributed by atoms with Crippen molar-refractivity contribution in [2.45, 2.75) is 51.1 Å². The molecular weight excluding hydrogens is 343 g/mol. The van der Waals surface area contributed by atoms with Gasteiger partial charge in [-0.15, -0.1) is 0 Å². The lowest BCUT2D eigenvalue weighted by Crippen LogP contribution is -2.46. The summed E-state index contributed by atoms with van der Waals surface area (Å²) in [5.74, 6) is 1.25. The highest BCUT2D eigenvalue weighted by Crippen LogP contribution is 2.46. The molecule has 0 saturated carbocycles. The second-order valence-corrected chi connectivity index (χ2v) is 8.32. The van der Waals surface area contributed by atoms with Gasteiger partial charge < -0.3 is 4.84 Å². The Labute approximate surface area is 154 Å². The van der Waals surface area contributed by atoms with E-state index < -0.39 is 0 Å². The minimum Gasteiger partial charge on any atom is -0.396 e. The van der Waals surface area contributed by atoms with Crippen molar-refractivity contribution in [1.82, 2.24) is 4.90 Å². The van der Waals surface area contributed by atoms with Crippen molar-refractivity contribution >= 4 is 29.4 Å². The lowest BCUT2D eigenvalue weighted by Gasteiger charge is -2.41. The fourth-order valence-corrected chi connectivity index (χ4v) is 4.42. The zero-order chi connectivity index (χ0) is 17.3. The van der Waals surface area contributed by atoms with Crippen molar-refractivity contribution in [1.29, 1.82) is 0 Å². The van der Waals surface area contributed by atoms with Gasteiger partial charge in [-0.05, 0) is 55.8 Å². The van der Waals surface area contributed by atoms with Crippen LogP contribution in [0.25, 0.3) is 0 Å². The minimum absolute atomic E-state index is 0.346. The maximum atomic E-state index is 6.26. The molecule has 3 nitrogen and oxygen atoms in total. The Kier molecular flexibility index (Phi) is 5.74. The number of oxime groups is 1. The molecule has 2 aliphatic rings. The highest BCUT2D eigenvalue weighted by molar-refractivity contribution is 6.42. The van der Waals surface area contributed by atoms with E-state index in [0.717, 1.165) is 6.42 Å². The van der Waals surface area contributed by atoms with E-state index in [1.54, 1.807) is 0 Å². The Morgan fingerprint density at radius 3 is 2.79 bits per heavy atom. The minimum atomic E-state index is 0.346. The van der Waals surface area contributed by atoms with E-state index in [-0.39, 0.29) is 0 Å². The third-order valence-electron chi connectivity index (χ3n) is 5.42. The van der Waals surface area contributed by atoms with Crippen LogP contribution in [0.2, 0.25) is 10.0 Å². The van der Waals surface area contributed by atoms with Crippen LogP contribution < -0.4 is 0 Å². The van der Waals surface area contributed by atoms with Crippen LogP contribution >= 0.6 is 23.2 Å². The molecule has 3 rings (SSSR count). The molecule has 0 amide bonds. The normalized spacial score (nSPS) is 30.4. The highest BCUT2D eigenvalue weighted by Gasteiger charge is 2.45. The number of rotatable bonds is 5. The number of hydrogen-bond acceptors (Lipinski definition) is 3. The van der Waals surface area contributed by atoms with Gasteiger partial charge in [0.25, 0.3) is 0 Å². The molecule has 2 bridgehead atoms. The van der Waals surface area contributed by atoms with Crippen molar-refractivity contribution in [2.24, 2.45) is 17.0 Å². The molecule has 1 aromatic rings. The van der Waals surface area contributed by atoms with Crippen molar-refractivity contribution < 1.29 is 4.84 Å². The molecule has 2 fully saturated rings. The Morgan fingerprint density at radius 1 is 1.29 bits per heavy atom. The average molecular weight is 369 g/mol. The van der Waals surface area contributed by atoms with Crippen LogP contribution in [0, 0.1) is 11.8 Å². The summed E-state index contributed by atoms with van der Waals surface area (Å²) in [4.78, 5) is 7.99. The zero-order valence-corrected chi connectivity index (χ0v) is 16.1. The van der Waals surface area contributed by atoms with E-state index in [9.17, 15) is 0 Å². The summed E-state index contributed by atoms with van der Waals surface area (Å²) in [6.45, 7) is 4.91. The van der Waals surface area contributed by atoms with Crippen LogP contribution in [0.3, 0.4) is 0 Å². The largest absolute Gasteiger partial charge is 0.396 e.